The van der Waals surface area contributed by atoms with Crippen LogP contribution in [0.4, 0.5) is 0 Å². The first-order valence-corrected chi connectivity index (χ1v) is 7.48. The maximum atomic E-state index is 5.24. The Balaban J connectivity index is 0.00000208. The first-order valence-electron chi connectivity index (χ1n) is 7.48. The smallest absolute Gasteiger partial charge is 0.118 e. The number of hydrogen-bond donors (Lipinski definition) is 0. The Morgan fingerprint density at radius 1 is 0.667 bits per heavy atom. The zero-order valence-electron chi connectivity index (χ0n) is 13.9. The number of aromatic nitrogens is 1. The molecule has 2 aromatic carbocycles. The summed E-state index contributed by atoms with van der Waals surface area (Å²) in [6, 6.07) is 20.2. The lowest BCUT2D eigenvalue weighted by Crippen LogP contribution is -1.92. The van der Waals surface area contributed by atoms with E-state index in [2.05, 4.69) is 18.2 Å². The molecule has 0 fully saturated rings. The second-order valence-electron chi connectivity index (χ2n) is 5.31. The standard InChI is InChI=1S/C20H19NO2.ClH/c1-14-4-13-19(15-5-9-17(22-2)10-6-15)20(21-14)16-7-11-18(23-3)12-8-16;/h4-13H,1-3H3;1H. The second kappa shape index (κ2) is 7.84. The monoisotopic (exact) mass is 341 g/mol. The molecule has 3 nitrogen and oxygen atoms in total. The topological polar surface area (TPSA) is 31.4 Å². The predicted molar refractivity (Wildman–Crippen MR) is 100 cm³/mol. The van der Waals surface area contributed by atoms with Crippen LogP contribution >= 0.6 is 12.4 Å². The van der Waals surface area contributed by atoms with E-state index in [0.717, 1.165) is 39.6 Å². The minimum Gasteiger partial charge on any atom is -0.497 e. The third-order valence-corrected chi connectivity index (χ3v) is 3.80. The van der Waals surface area contributed by atoms with Crippen molar-refractivity contribution >= 4 is 12.4 Å². The minimum absolute atomic E-state index is 0. The number of ether oxygens (including phenoxy) is 2. The van der Waals surface area contributed by atoms with E-state index in [-0.39, 0.29) is 12.4 Å². The molecule has 3 aromatic rings. The van der Waals surface area contributed by atoms with Gasteiger partial charge in [-0.25, -0.2) is 0 Å². The van der Waals surface area contributed by atoms with Gasteiger partial charge < -0.3 is 9.47 Å². The number of methoxy groups -OCH3 is 2. The quantitative estimate of drug-likeness (QED) is 0.656. The van der Waals surface area contributed by atoms with Gasteiger partial charge >= 0.3 is 0 Å². The summed E-state index contributed by atoms with van der Waals surface area (Å²) in [6.07, 6.45) is 0. The summed E-state index contributed by atoms with van der Waals surface area (Å²) in [6.45, 7) is 2.00. The fourth-order valence-electron chi connectivity index (χ4n) is 2.53. The SMILES string of the molecule is COc1ccc(-c2ccc(C)nc2-c2ccc(OC)cc2)cc1.Cl. The van der Waals surface area contributed by atoms with Crippen LogP contribution in [0.2, 0.25) is 0 Å². The van der Waals surface area contributed by atoms with Crippen LogP contribution in [0.25, 0.3) is 22.4 Å². The van der Waals surface area contributed by atoms with Crippen LogP contribution in [0.1, 0.15) is 5.69 Å². The molecule has 0 unspecified atom stereocenters. The van der Waals surface area contributed by atoms with E-state index in [1.165, 1.54) is 0 Å². The van der Waals surface area contributed by atoms with Crippen LogP contribution in [0, 0.1) is 6.92 Å². The van der Waals surface area contributed by atoms with E-state index in [1.807, 2.05) is 49.4 Å². The van der Waals surface area contributed by atoms with Crippen molar-refractivity contribution in [2.75, 3.05) is 14.2 Å². The van der Waals surface area contributed by atoms with Crippen LogP contribution < -0.4 is 9.47 Å². The molecule has 1 aromatic heterocycles. The van der Waals surface area contributed by atoms with Crippen molar-refractivity contribution in [2.45, 2.75) is 6.92 Å². The van der Waals surface area contributed by atoms with Gasteiger partial charge in [0, 0.05) is 16.8 Å². The molecule has 24 heavy (non-hydrogen) atoms. The van der Waals surface area contributed by atoms with Crippen LogP contribution in [0.15, 0.2) is 60.7 Å². The Hall–Kier alpha value is -2.52. The Kier molecular flexibility index (Phi) is 5.83. The van der Waals surface area contributed by atoms with Crippen molar-refractivity contribution in [1.29, 1.82) is 0 Å². The number of aryl methyl sites for hydroxylation is 1. The molecule has 0 aliphatic heterocycles. The van der Waals surface area contributed by atoms with Gasteiger partial charge in [-0.2, -0.15) is 0 Å². The van der Waals surface area contributed by atoms with Crippen LogP contribution in [0.3, 0.4) is 0 Å². The summed E-state index contributed by atoms with van der Waals surface area (Å²) in [4.78, 5) is 4.75. The molecule has 0 N–H and O–H groups in total. The number of hydrogen-bond acceptors (Lipinski definition) is 3. The Bertz CT molecular complexity index is 799. The van der Waals surface area contributed by atoms with Crippen molar-refractivity contribution in [2.24, 2.45) is 0 Å². The maximum Gasteiger partial charge on any atom is 0.118 e. The first-order chi connectivity index (χ1) is 11.2. The Morgan fingerprint density at radius 3 is 1.67 bits per heavy atom. The Labute approximate surface area is 148 Å². The van der Waals surface area contributed by atoms with Gasteiger partial charge in [-0.3, -0.25) is 4.98 Å². The lowest BCUT2D eigenvalue weighted by atomic mass is 9.98. The number of rotatable bonds is 4. The molecule has 0 bridgehead atoms. The van der Waals surface area contributed by atoms with Gasteiger partial charge in [0.15, 0.2) is 0 Å². The minimum atomic E-state index is 0. The molecule has 0 saturated heterocycles. The molecule has 4 heteroatoms. The van der Waals surface area contributed by atoms with Crippen LogP contribution in [0.5, 0.6) is 11.5 Å². The summed E-state index contributed by atoms with van der Waals surface area (Å²) in [5.41, 5.74) is 5.25. The molecule has 0 amide bonds. The number of benzene rings is 2. The van der Waals surface area contributed by atoms with Gasteiger partial charge in [-0.1, -0.05) is 18.2 Å². The van der Waals surface area contributed by atoms with Crippen molar-refractivity contribution in [3.8, 4) is 33.9 Å². The van der Waals surface area contributed by atoms with E-state index in [0.29, 0.717) is 0 Å². The summed E-state index contributed by atoms with van der Waals surface area (Å²) in [5.74, 6) is 1.69. The van der Waals surface area contributed by atoms with Gasteiger partial charge in [0.05, 0.1) is 19.9 Å². The number of halogens is 1. The fourth-order valence-corrected chi connectivity index (χ4v) is 2.53. The zero-order valence-corrected chi connectivity index (χ0v) is 14.8. The third-order valence-electron chi connectivity index (χ3n) is 3.80. The van der Waals surface area contributed by atoms with Crippen molar-refractivity contribution in [1.82, 2.24) is 4.98 Å². The van der Waals surface area contributed by atoms with Crippen molar-refractivity contribution in [3.63, 3.8) is 0 Å². The lowest BCUT2D eigenvalue weighted by molar-refractivity contribution is 0.414. The maximum absolute atomic E-state index is 5.24. The summed E-state index contributed by atoms with van der Waals surface area (Å²) < 4.78 is 10.5. The van der Waals surface area contributed by atoms with Gasteiger partial charge in [0.1, 0.15) is 11.5 Å². The third kappa shape index (κ3) is 3.69. The predicted octanol–water partition coefficient (Wildman–Crippen LogP) is 5.16. The summed E-state index contributed by atoms with van der Waals surface area (Å²) in [5, 5.41) is 0. The average Bonchev–Trinajstić information content (AvgIpc) is 2.62. The second-order valence-corrected chi connectivity index (χ2v) is 5.31. The van der Waals surface area contributed by atoms with E-state index < -0.39 is 0 Å². The van der Waals surface area contributed by atoms with E-state index >= 15 is 0 Å². The molecule has 3 rings (SSSR count). The largest absolute Gasteiger partial charge is 0.497 e. The van der Waals surface area contributed by atoms with E-state index in [4.69, 9.17) is 14.5 Å². The van der Waals surface area contributed by atoms with Gasteiger partial charge in [-0.15, -0.1) is 12.4 Å². The molecule has 0 radical (unpaired) electrons. The normalized spacial score (nSPS) is 9.96. The molecule has 124 valence electrons. The Morgan fingerprint density at radius 2 is 1.17 bits per heavy atom. The average molecular weight is 342 g/mol. The van der Waals surface area contributed by atoms with Crippen LogP contribution in [-0.2, 0) is 0 Å². The summed E-state index contributed by atoms with van der Waals surface area (Å²) >= 11 is 0. The number of nitrogens with zero attached hydrogens (tertiary/aromatic N) is 1. The van der Waals surface area contributed by atoms with Gasteiger partial charge in [0.25, 0.3) is 0 Å². The fraction of sp³-hybridized carbons (Fsp3) is 0.150. The van der Waals surface area contributed by atoms with Gasteiger partial charge in [0.2, 0.25) is 0 Å². The zero-order chi connectivity index (χ0) is 16.2. The van der Waals surface area contributed by atoms with Gasteiger partial charge in [-0.05, 0) is 55.0 Å². The molecular formula is C20H20ClNO2. The first kappa shape index (κ1) is 17.8. The van der Waals surface area contributed by atoms with Crippen molar-refractivity contribution < 1.29 is 9.47 Å². The highest BCUT2D eigenvalue weighted by atomic mass is 35.5. The lowest BCUT2D eigenvalue weighted by Gasteiger charge is -2.11. The molecule has 0 aliphatic rings. The van der Waals surface area contributed by atoms with E-state index in [1.54, 1.807) is 14.2 Å². The molecule has 0 atom stereocenters. The number of pyridine rings is 1. The molecule has 0 aliphatic carbocycles. The highest BCUT2D eigenvalue weighted by molar-refractivity contribution is 5.85. The highest BCUT2D eigenvalue weighted by Crippen LogP contribution is 2.32. The molecular weight excluding hydrogens is 322 g/mol. The van der Waals surface area contributed by atoms with E-state index in [9.17, 15) is 0 Å². The van der Waals surface area contributed by atoms with Crippen LogP contribution in [-0.4, -0.2) is 19.2 Å². The molecule has 0 spiro atoms. The molecule has 1 heterocycles. The summed E-state index contributed by atoms with van der Waals surface area (Å²) in [7, 11) is 3.34. The highest BCUT2D eigenvalue weighted by Gasteiger charge is 2.10. The van der Waals surface area contributed by atoms with Crippen molar-refractivity contribution in [3.05, 3.63) is 66.4 Å². The molecule has 0 saturated carbocycles.